The largest absolute Gasteiger partial charge is 0.323 e. The fourth-order valence-corrected chi connectivity index (χ4v) is 2.06. The first-order valence-corrected chi connectivity index (χ1v) is 6.40. The second-order valence-corrected chi connectivity index (χ2v) is 4.64. The molecule has 2 nitrogen and oxygen atoms in total. The molecular weight excluding hydrogens is 281 g/mol. The number of benzene rings is 2. The van der Waals surface area contributed by atoms with Crippen LogP contribution in [0, 0.1) is 0 Å². The number of nitrogens with one attached hydrogen (secondary N) is 1. The van der Waals surface area contributed by atoms with E-state index in [4.69, 9.17) is 23.2 Å². The molecule has 0 aliphatic carbocycles. The Morgan fingerprint density at radius 3 is 2.21 bits per heavy atom. The molecule has 0 aliphatic heterocycles. The van der Waals surface area contributed by atoms with Crippen LogP contribution in [0.3, 0.4) is 0 Å². The number of halogens is 2. The molecule has 1 N–H and O–H groups in total. The smallest absolute Gasteiger partial charge is 0.248 e. The van der Waals surface area contributed by atoms with Gasteiger partial charge >= 0.3 is 0 Å². The number of anilines is 1. The Labute approximate surface area is 121 Å². The number of amides is 1. The summed E-state index contributed by atoms with van der Waals surface area (Å²) >= 11 is 12.0. The fourth-order valence-electron chi connectivity index (χ4n) is 1.53. The van der Waals surface area contributed by atoms with Crippen LogP contribution in [-0.4, -0.2) is 5.91 Å². The van der Waals surface area contributed by atoms with Crippen LogP contribution in [0.5, 0.6) is 0 Å². The van der Waals surface area contributed by atoms with Gasteiger partial charge in [0.15, 0.2) is 0 Å². The zero-order valence-electron chi connectivity index (χ0n) is 9.94. The molecule has 0 unspecified atom stereocenters. The highest BCUT2D eigenvalue weighted by Crippen LogP contribution is 2.25. The van der Waals surface area contributed by atoms with Crippen molar-refractivity contribution < 1.29 is 4.79 Å². The van der Waals surface area contributed by atoms with Gasteiger partial charge in [-0.1, -0.05) is 47.5 Å². The second kappa shape index (κ2) is 6.41. The molecule has 0 radical (unpaired) electrons. The fraction of sp³-hybridized carbons (Fsp3) is 0. The molecule has 2 rings (SSSR count). The van der Waals surface area contributed by atoms with Crippen molar-refractivity contribution in [1.29, 1.82) is 0 Å². The highest BCUT2D eigenvalue weighted by molar-refractivity contribution is 6.37. The standard InChI is InChI=1S/C15H11Cl2NO/c16-13-7-4-8-14(17)12(13)9-10-15(19)18-11-5-2-1-3-6-11/h1-10H,(H,18,19)/b10-9-. The molecule has 0 aliphatic rings. The summed E-state index contributed by atoms with van der Waals surface area (Å²) in [6.07, 6.45) is 3.00. The van der Waals surface area contributed by atoms with Gasteiger partial charge in [0, 0.05) is 27.4 Å². The first-order chi connectivity index (χ1) is 9.16. The lowest BCUT2D eigenvalue weighted by Crippen LogP contribution is -2.07. The first kappa shape index (κ1) is 13.7. The van der Waals surface area contributed by atoms with Crippen molar-refractivity contribution in [3.05, 3.63) is 70.2 Å². The third-order valence-electron chi connectivity index (χ3n) is 2.44. The van der Waals surface area contributed by atoms with E-state index < -0.39 is 0 Å². The molecule has 1 amide bonds. The van der Waals surface area contributed by atoms with E-state index >= 15 is 0 Å². The molecule has 19 heavy (non-hydrogen) atoms. The van der Waals surface area contributed by atoms with E-state index in [2.05, 4.69) is 5.32 Å². The number of carbonyl (C=O) groups excluding carboxylic acids is 1. The Morgan fingerprint density at radius 2 is 1.58 bits per heavy atom. The molecule has 2 aromatic carbocycles. The van der Waals surface area contributed by atoms with Crippen LogP contribution in [0.2, 0.25) is 10.0 Å². The minimum atomic E-state index is -0.234. The van der Waals surface area contributed by atoms with Crippen molar-refractivity contribution in [3.8, 4) is 0 Å². The summed E-state index contributed by atoms with van der Waals surface area (Å²) < 4.78 is 0. The predicted octanol–water partition coefficient (Wildman–Crippen LogP) is 4.65. The molecule has 0 spiro atoms. The third-order valence-corrected chi connectivity index (χ3v) is 3.10. The van der Waals surface area contributed by atoms with E-state index in [9.17, 15) is 4.79 Å². The number of para-hydroxylation sites is 1. The molecule has 96 valence electrons. The van der Waals surface area contributed by atoms with Gasteiger partial charge in [0.2, 0.25) is 5.91 Å². The zero-order valence-corrected chi connectivity index (χ0v) is 11.4. The molecule has 0 fully saturated rings. The summed E-state index contributed by atoms with van der Waals surface area (Å²) in [5.74, 6) is -0.234. The normalized spacial score (nSPS) is 10.6. The molecule has 0 atom stereocenters. The summed E-state index contributed by atoms with van der Waals surface area (Å²) in [5, 5.41) is 3.76. The van der Waals surface area contributed by atoms with Crippen molar-refractivity contribution in [1.82, 2.24) is 0 Å². The molecule has 2 aromatic rings. The van der Waals surface area contributed by atoms with Gasteiger partial charge in [0.05, 0.1) is 0 Å². The van der Waals surface area contributed by atoms with E-state index in [0.29, 0.717) is 15.6 Å². The SMILES string of the molecule is O=C(/C=C\c1c(Cl)cccc1Cl)Nc1ccccc1. The Balaban J connectivity index is 2.09. The van der Waals surface area contributed by atoms with Crippen molar-refractivity contribution in [2.75, 3.05) is 5.32 Å². The van der Waals surface area contributed by atoms with Gasteiger partial charge in [-0.2, -0.15) is 0 Å². The van der Waals surface area contributed by atoms with Gasteiger partial charge in [-0.3, -0.25) is 4.79 Å². The molecule has 0 bridgehead atoms. The van der Waals surface area contributed by atoms with Gasteiger partial charge in [0.25, 0.3) is 0 Å². The molecular formula is C15H11Cl2NO. The van der Waals surface area contributed by atoms with Crippen molar-refractivity contribution in [2.24, 2.45) is 0 Å². The van der Waals surface area contributed by atoms with Crippen LogP contribution in [-0.2, 0) is 4.79 Å². The number of rotatable bonds is 3. The lowest BCUT2D eigenvalue weighted by molar-refractivity contribution is -0.111. The van der Waals surface area contributed by atoms with Gasteiger partial charge in [0.1, 0.15) is 0 Å². The summed E-state index contributed by atoms with van der Waals surface area (Å²) in [6.45, 7) is 0. The second-order valence-electron chi connectivity index (χ2n) is 3.82. The average molecular weight is 292 g/mol. The first-order valence-electron chi connectivity index (χ1n) is 5.65. The molecule has 0 saturated carbocycles. The van der Waals surface area contributed by atoms with Crippen LogP contribution >= 0.6 is 23.2 Å². The summed E-state index contributed by atoms with van der Waals surface area (Å²) in [7, 11) is 0. The van der Waals surface area contributed by atoms with Gasteiger partial charge in [-0.15, -0.1) is 0 Å². The van der Waals surface area contributed by atoms with Gasteiger partial charge < -0.3 is 5.32 Å². The topological polar surface area (TPSA) is 29.1 Å². The highest BCUT2D eigenvalue weighted by atomic mass is 35.5. The molecule has 0 aromatic heterocycles. The highest BCUT2D eigenvalue weighted by Gasteiger charge is 2.02. The maximum absolute atomic E-state index is 11.7. The van der Waals surface area contributed by atoms with Crippen molar-refractivity contribution >= 4 is 40.9 Å². The van der Waals surface area contributed by atoms with Gasteiger partial charge in [-0.25, -0.2) is 0 Å². The Kier molecular flexibility index (Phi) is 4.61. The monoisotopic (exact) mass is 291 g/mol. The lowest BCUT2D eigenvalue weighted by atomic mass is 10.2. The number of hydrogen-bond donors (Lipinski definition) is 1. The quantitative estimate of drug-likeness (QED) is 0.820. The van der Waals surface area contributed by atoms with Crippen LogP contribution in [0.15, 0.2) is 54.6 Å². The van der Waals surface area contributed by atoms with Gasteiger partial charge in [-0.05, 0) is 30.3 Å². The van der Waals surface area contributed by atoms with E-state index in [1.165, 1.54) is 6.08 Å². The Morgan fingerprint density at radius 1 is 0.947 bits per heavy atom. The summed E-state index contributed by atoms with van der Waals surface area (Å²) in [6, 6.07) is 14.4. The molecule has 0 heterocycles. The summed E-state index contributed by atoms with van der Waals surface area (Å²) in [5.41, 5.74) is 1.37. The maximum atomic E-state index is 11.7. The number of hydrogen-bond acceptors (Lipinski definition) is 1. The van der Waals surface area contributed by atoms with Crippen molar-refractivity contribution in [3.63, 3.8) is 0 Å². The third kappa shape index (κ3) is 3.85. The summed E-state index contributed by atoms with van der Waals surface area (Å²) in [4.78, 5) is 11.7. The minimum Gasteiger partial charge on any atom is -0.323 e. The molecule has 0 saturated heterocycles. The number of carbonyl (C=O) groups is 1. The van der Waals surface area contributed by atoms with E-state index in [-0.39, 0.29) is 5.91 Å². The van der Waals surface area contributed by atoms with E-state index in [1.807, 2.05) is 30.3 Å². The van der Waals surface area contributed by atoms with Crippen LogP contribution in [0.4, 0.5) is 5.69 Å². The maximum Gasteiger partial charge on any atom is 0.248 e. The predicted molar refractivity (Wildman–Crippen MR) is 80.6 cm³/mol. The Bertz CT molecular complexity index is 589. The van der Waals surface area contributed by atoms with Crippen LogP contribution in [0.25, 0.3) is 6.08 Å². The van der Waals surface area contributed by atoms with Crippen LogP contribution in [0.1, 0.15) is 5.56 Å². The van der Waals surface area contributed by atoms with E-state index in [1.54, 1.807) is 24.3 Å². The molecule has 4 heteroatoms. The average Bonchev–Trinajstić information content (AvgIpc) is 2.39. The zero-order chi connectivity index (χ0) is 13.7. The van der Waals surface area contributed by atoms with Crippen molar-refractivity contribution in [2.45, 2.75) is 0 Å². The lowest BCUT2D eigenvalue weighted by Gasteiger charge is -2.02. The Hall–Kier alpha value is -1.77. The van der Waals surface area contributed by atoms with Crippen LogP contribution < -0.4 is 5.32 Å². The van der Waals surface area contributed by atoms with E-state index in [0.717, 1.165) is 5.69 Å². The minimum absolute atomic E-state index is 0.234.